The quantitative estimate of drug-likeness (QED) is 0.275. The van der Waals surface area contributed by atoms with Crippen molar-refractivity contribution in [2.45, 2.75) is 6.18 Å². The van der Waals surface area contributed by atoms with Crippen molar-refractivity contribution >= 4 is 34.9 Å². The van der Waals surface area contributed by atoms with Gasteiger partial charge in [-0.2, -0.15) is 17.9 Å². The summed E-state index contributed by atoms with van der Waals surface area (Å²) in [7, 11) is 0. The van der Waals surface area contributed by atoms with Crippen LogP contribution in [-0.2, 0) is 6.18 Å². The Labute approximate surface area is 192 Å². The highest BCUT2D eigenvalue weighted by Gasteiger charge is 2.33. The minimum Gasteiger partial charge on any atom is -0.618 e. The Morgan fingerprint density at radius 2 is 1.85 bits per heavy atom. The second kappa shape index (κ2) is 9.20. The van der Waals surface area contributed by atoms with Gasteiger partial charge in [0, 0.05) is 17.8 Å². The van der Waals surface area contributed by atoms with Crippen LogP contribution in [-0.4, -0.2) is 11.9 Å². The molecule has 172 valence electrons. The van der Waals surface area contributed by atoms with Crippen molar-refractivity contribution in [3.05, 3.63) is 82.0 Å². The van der Waals surface area contributed by atoms with Gasteiger partial charge >= 0.3 is 18.1 Å². The largest absolute Gasteiger partial charge is 0.618 e. The number of benzene rings is 2. The molecule has 0 aliphatic rings. The summed E-state index contributed by atoms with van der Waals surface area (Å²) in [4.78, 5) is 23.5. The van der Waals surface area contributed by atoms with E-state index in [1.807, 2.05) is 10.6 Å². The molecular weight excluding hydrogens is 472 g/mol. The number of nitrogens with two attached hydrogens (primary N) is 1. The summed E-state index contributed by atoms with van der Waals surface area (Å²) in [5, 5.41) is 14.2. The molecule has 0 spiro atoms. The number of nitrogens with zero attached hydrogens (tertiary/aromatic N) is 1. The van der Waals surface area contributed by atoms with Crippen LogP contribution in [0.3, 0.4) is 0 Å². The molecule has 0 atom stereocenters. The normalized spacial score (nSPS) is 12.3. The first kappa shape index (κ1) is 19.6. The van der Waals surface area contributed by atoms with Gasteiger partial charge in [-0.3, -0.25) is 4.79 Å². The average molecular weight is 488 g/mol. The SMILES string of the molecule is [2H]c1c([2H])c(NC(=O)Nc2ccc(Oc3cc[n+]([O-])c(C(N)=O)c3)cc2F)c([2H])c(C(F)(F)F)c1Cl. The molecule has 8 nitrogen and oxygen atoms in total. The Hall–Kier alpha value is -4.06. The van der Waals surface area contributed by atoms with Crippen molar-refractivity contribution in [2.75, 3.05) is 10.6 Å². The number of hydrogen-bond acceptors (Lipinski definition) is 4. The summed E-state index contributed by atoms with van der Waals surface area (Å²) in [6, 6.07) is 0.549. The van der Waals surface area contributed by atoms with Crippen LogP contribution in [0.25, 0.3) is 0 Å². The third-order valence-corrected chi connectivity index (χ3v) is 4.14. The van der Waals surface area contributed by atoms with Crippen LogP contribution in [0.5, 0.6) is 11.5 Å². The monoisotopic (exact) mass is 487 g/mol. The molecule has 4 N–H and O–H groups in total. The predicted octanol–water partition coefficient (Wildman–Crippen LogP) is 4.67. The lowest BCUT2D eigenvalue weighted by molar-refractivity contribution is -0.607. The molecule has 2 aromatic carbocycles. The third kappa shape index (κ3) is 5.80. The molecule has 0 fully saturated rings. The molecule has 0 aliphatic heterocycles. The number of carbonyl (C=O) groups excluding carboxylic acids is 2. The fourth-order valence-electron chi connectivity index (χ4n) is 2.42. The van der Waals surface area contributed by atoms with Gasteiger partial charge in [0.25, 0.3) is 5.69 Å². The molecule has 0 radical (unpaired) electrons. The first-order valence-electron chi connectivity index (χ1n) is 10.2. The van der Waals surface area contributed by atoms with Crippen molar-refractivity contribution in [3.8, 4) is 11.5 Å². The summed E-state index contributed by atoms with van der Waals surface area (Å²) in [6.45, 7) is 0. The van der Waals surface area contributed by atoms with Crippen molar-refractivity contribution < 1.29 is 40.7 Å². The van der Waals surface area contributed by atoms with Crippen LogP contribution in [0, 0.1) is 11.0 Å². The maximum atomic E-state index is 14.5. The molecule has 0 unspecified atom stereocenters. The van der Waals surface area contributed by atoms with Crippen LogP contribution in [0.1, 0.15) is 20.2 Å². The van der Waals surface area contributed by atoms with Gasteiger partial charge in [-0.05, 0) is 30.3 Å². The number of anilines is 2. The smallest absolute Gasteiger partial charge is 0.417 e. The average Bonchev–Trinajstić information content (AvgIpc) is 2.77. The van der Waals surface area contributed by atoms with Gasteiger partial charge in [0.05, 0.1) is 26.5 Å². The van der Waals surface area contributed by atoms with Crippen LogP contribution < -0.4 is 25.8 Å². The lowest BCUT2D eigenvalue weighted by atomic mass is 10.2. The molecule has 0 aliphatic carbocycles. The van der Waals surface area contributed by atoms with E-state index in [2.05, 4.69) is 0 Å². The molecule has 3 rings (SSSR count). The number of halogens is 5. The molecule has 0 bridgehead atoms. The lowest BCUT2D eigenvalue weighted by Gasteiger charge is -2.13. The highest BCUT2D eigenvalue weighted by molar-refractivity contribution is 6.31. The van der Waals surface area contributed by atoms with E-state index < -0.39 is 69.7 Å². The van der Waals surface area contributed by atoms with Gasteiger partial charge in [0.1, 0.15) is 17.3 Å². The Morgan fingerprint density at radius 3 is 2.48 bits per heavy atom. The number of amides is 3. The van der Waals surface area contributed by atoms with E-state index in [1.165, 1.54) is 12.1 Å². The number of pyridine rings is 1. The van der Waals surface area contributed by atoms with E-state index in [9.17, 15) is 32.4 Å². The standard InChI is InChI=1S/C20H13ClF4N4O4/c21-14-3-1-10(7-13(14)20(23,24)25)27-19(31)28-16-4-2-11(8-15(16)22)33-12-5-6-29(32)17(9-12)18(26)30/h1-9H,(H2,26,30)(H2,27,28,31)/i1D,3D,7D. The number of alkyl halides is 3. The fraction of sp³-hybridized carbons (Fsp3) is 0.0500. The van der Waals surface area contributed by atoms with E-state index in [-0.39, 0.29) is 16.2 Å². The van der Waals surface area contributed by atoms with Crippen LogP contribution in [0.15, 0.2) is 54.7 Å². The number of nitrogens with one attached hydrogen (secondary N) is 2. The summed E-state index contributed by atoms with van der Waals surface area (Å²) in [5.41, 5.74) is 1.50. The van der Waals surface area contributed by atoms with E-state index in [0.717, 1.165) is 24.4 Å². The number of primary amides is 1. The Morgan fingerprint density at radius 1 is 1.15 bits per heavy atom. The van der Waals surface area contributed by atoms with Gasteiger partial charge in [-0.25, -0.2) is 9.18 Å². The topological polar surface area (TPSA) is 120 Å². The molecule has 33 heavy (non-hydrogen) atoms. The zero-order valence-electron chi connectivity index (χ0n) is 19.0. The first-order valence-corrected chi connectivity index (χ1v) is 9.03. The molecule has 0 saturated heterocycles. The zero-order chi connectivity index (χ0) is 26.9. The maximum absolute atomic E-state index is 14.5. The minimum atomic E-state index is -5.14. The Balaban J connectivity index is 1.81. The fourth-order valence-corrected chi connectivity index (χ4v) is 2.63. The number of urea groups is 1. The van der Waals surface area contributed by atoms with E-state index in [1.54, 1.807) is 0 Å². The van der Waals surface area contributed by atoms with Gasteiger partial charge in [-0.15, -0.1) is 0 Å². The van der Waals surface area contributed by atoms with Gasteiger partial charge in [0.15, 0.2) is 6.20 Å². The molecule has 0 saturated carbocycles. The molecule has 13 heteroatoms. The molecule has 1 aromatic heterocycles. The maximum Gasteiger partial charge on any atom is 0.417 e. The third-order valence-electron chi connectivity index (χ3n) is 3.86. The Bertz CT molecular complexity index is 1390. The first-order chi connectivity index (χ1) is 16.7. The van der Waals surface area contributed by atoms with Crippen LogP contribution >= 0.6 is 11.6 Å². The van der Waals surface area contributed by atoms with Gasteiger partial charge in [-0.1, -0.05) is 11.6 Å². The van der Waals surface area contributed by atoms with Gasteiger partial charge < -0.3 is 26.3 Å². The number of ether oxygens (including phenoxy) is 1. The summed E-state index contributed by atoms with van der Waals surface area (Å²) in [6.07, 6.45) is -4.20. The van der Waals surface area contributed by atoms with Crippen molar-refractivity contribution in [1.29, 1.82) is 0 Å². The zero-order valence-corrected chi connectivity index (χ0v) is 16.8. The van der Waals surface area contributed by atoms with E-state index in [0.29, 0.717) is 0 Å². The second-order valence-electron chi connectivity index (χ2n) is 6.20. The van der Waals surface area contributed by atoms with E-state index >= 15 is 0 Å². The molecule has 1 heterocycles. The van der Waals surface area contributed by atoms with Crippen molar-refractivity contribution in [3.63, 3.8) is 0 Å². The van der Waals surface area contributed by atoms with E-state index in [4.69, 9.17) is 26.2 Å². The molecule has 3 aromatic rings. The number of carbonyl (C=O) groups is 2. The summed E-state index contributed by atoms with van der Waals surface area (Å²) >= 11 is 5.48. The number of hydrogen-bond donors (Lipinski definition) is 3. The highest BCUT2D eigenvalue weighted by Crippen LogP contribution is 2.36. The van der Waals surface area contributed by atoms with Crippen molar-refractivity contribution in [1.82, 2.24) is 0 Å². The minimum absolute atomic E-state index is 0.0332. The number of rotatable bonds is 5. The van der Waals surface area contributed by atoms with Crippen molar-refractivity contribution in [2.24, 2.45) is 5.73 Å². The van der Waals surface area contributed by atoms with Crippen LogP contribution in [0.2, 0.25) is 5.02 Å². The predicted molar refractivity (Wildman–Crippen MR) is 109 cm³/mol. The summed E-state index contributed by atoms with van der Waals surface area (Å²) in [5.74, 6) is -2.24. The number of aromatic nitrogens is 1. The van der Waals surface area contributed by atoms with Crippen LogP contribution in [0.4, 0.5) is 33.7 Å². The summed E-state index contributed by atoms with van der Waals surface area (Å²) < 4.78 is 82.8. The Kier molecular flexibility index (Phi) is 5.47. The second-order valence-corrected chi connectivity index (χ2v) is 6.58. The lowest BCUT2D eigenvalue weighted by Crippen LogP contribution is -2.36. The molecular formula is C20H13ClF4N4O4. The van der Waals surface area contributed by atoms with Gasteiger partial charge in [0.2, 0.25) is 0 Å². The highest BCUT2D eigenvalue weighted by atomic mass is 35.5. The molecule has 3 amide bonds.